The van der Waals surface area contributed by atoms with E-state index in [4.69, 9.17) is 4.74 Å². The van der Waals surface area contributed by atoms with Gasteiger partial charge in [0.25, 0.3) is 5.91 Å². The third kappa shape index (κ3) is 4.16. The number of nitrogens with zero attached hydrogens (tertiary/aromatic N) is 1. The van der Waals surface area contributed by atoms with Gasteiger partial charge in [-0.25, -0.2) is 0 Å². The largest absolute Gasteiger partial charge is 0.416 e. The van der Waals surface area contributed by atoms with Crippen molar-refractivity contribution in [2.24, 2.45) is 0 Å². The summed E-state index contributed by atoms with van der Waals surface area (Å²) in [6.07, 6.45) is -4.48. The summed E-state index contributed by atoms with van der Waals surface area (Å²) in [6.45, 7) is 3.99. The molecule has 2 aromatic rings. The molecule has 138 valence electrons. The average molecular weight is 364 g/mol. The van der Waals surface area contributed by atoms with E-state index in [0.717, 1.165) is 17.7 Å². The van der Waals surface area contributed by atoms with E-state index in [1.54, 1.807) is 24.3 Å². The van der Waals surface area contributed by atoms with E-state index in [-0.39, 0.29) is 5.69 Å². The number of anilines is 2. The number of morpholine rings is 1. The molecule has 2 aromatic carbocycles. The first kappa shape index (κ1) is 18.3. The Morgan fingerprint density at radius 2 is 1.73 bits per heavy atom. The van der Waals surface area contributed by atoms with E-state index in [9.17, 15) is 18.0 Å². The van der Waals surface area contributed by atoms with E-state index < -0.39 is 17.6 Å². The van der Waals surface area contributed by atoms with Crippen LogP contribution in [0.4, 0.5) is 24.5 Å². The van der Waals surface area contributed by atoms with Crippen molar-refractivity contribution in [1.82, 2.24) is 0 Å². The molecule has 1 heterocycles. The van der Waals surface area contributed by atoms with Crippen LogP contribution >= 0.6 is 0 Å². The fourth-order valence-electron chi connectivity index (χ4n) is 2.79. The van der Waals surface area contributed by atoms with Crippen molar-refractivity contribution in [1.29, 1.82) is 0 Å². The van der Waals surface area contributed by atoms with Crippen LogP contribution in [0.25, 0.3) is 0 Å². The minimum absolute atomic E-state index is 0.146. The molecule has 0 bridgehead atoms. The summed E-state index contributed by atoms with van der Waals surface area (Å²) >= 11 is 0. The van der Waals surface area contributed by atoms with Crippen LogP contribution in [-0.2, 0) is 10.9 Å². The van der Waals surface area contributed by atoms with Crippen LogP contribution in [0.1, 0.15) is 21.5 Å². The fourth-order valence-corrected chi connectivity index (χ4v) is 2.79. The van der Waals surface area contributed by atoms with Gasteiger partial charge in [0.05, 0.1) is 30.2 Å². The summed E-state index contributed by atoms with van der Waals surface area (Å²) < 4.78 is 44.6. The first-order valence-electron chi connectivity index (χ1n) is 8.26. The number of carbonyl (C=O) groups is 1. The lowest BCUT2D eigenvalue weighted by Gasteiger charge is -2.31. The molecule has 0 unspecified atom stereocenters. The normalized spacial score (nSPS) is 15.0. The van der Waals surface area contributed by atoms with E-state index in [1.807, 2.05) is 11.8 Å². The minimum atomic E-state index is -4.48. The third-order valence-corrected chi connectivity index (χ3v) is 4.24. The highest BCUT2D eigenvalue weighted by Gasteiger charge is 2.32. The van der Waals surface area contributed by atoms with Gasteiger partial charge >= 0.3 is 6.18 Å². The number of aryl methyl sites for hydroxylation is 1. The van der Waals surface area contributed by atoms with Crippen molar-refractivity contribution < 1.29 is 22.7 Å². The molecule has 0 radical (unpaired) electrons. The van der Waals surface area contributed by atoms with Crippen LogP contribution in [0, 0.1) is 6.92 Å². The molecule has 1 saturated heterocycles. The van der Waals surface area contributed by atoms with E-state index in [1.165, 1.54) is 6.07 Å². The van der Waals surface area contributed by atoms with Gasteiger partial charge in [0.1, 0.15) is 0 Å². The van der Waals surface area contributed by atoms with Gasteiger partial charge < -0.3 is 15.0 Å². The Kier molecular flexibility index (Phi) is 5.18. The summed E-state index contributed by atoms with van der Waals surface area (Å²) in [6, 6.07) is 10.3. The molecule has 1 aliphatic heterocycles. The summed E-state index contributed by atoms with van der Waals surface area (Å²) in [7, 11) is 0. The van der Waals surface area contributed by atoms with Gasteiger partial charge in [0, 0.05) is 18.7 Å². The lowest BCUT2D eigenvalue weighted by molar-refractivity contribution is -0.137. The molecule has 1 amide bonds. The van der Waals surface area contributed by atoms with Crippen LogP contribution in [-0.4, -0.2) is 32.2 Å². The van der Waals surface area contributed by atoms with Gasteiger partial charge in [-0.2, -0.15) is 13.2 Å². The number of amides is 1. The molecule has 0 atom stereocenters. The van der Waals surface area contributed by atoms with Crippen LogP contribution in [0.5, 0.6) is 0 Å². The smallest absolute Gasteiger partial charge is 0.378 e. The van der Waals surface area contributed by atoms with Gasteiger partial charge in [-0.1, -0.05) is 17.7 Å². The van der Waals surface area contributed by atoms with Gasteiger partial charge in [0.2, 0.25) is 0 Å². The van der Waals surface area contributed by atoms with Crippen molar-refractivity contribution in [3.8, 4) is 0 Å². The van der Waals surface area contributed by atoms with E-state index >= 15 is 0 Å². The second-order valence-corrected chi connectivity index (χ2v) is 6.15. The van der Waals surface area contributed by atoms with Crippen molar-refractivity contribution >= 4 is 17.3 Å². The molecule has 0 saturated carbocycles. The Morgan fingerprint density at radius 1 is 1.08 bits per heavy atom. The molecule has 7 heteroatoms. The molecule has 4 nitrogen and oxygen atoms in total. The maximum atomic E-state index is 13.1. The fraction of sp³-hybridized carbons (Fsp3) is 0.316. The topological polar surface area (TPSA) is 41.6 Å². The summed E-state index contributed by atoms with van der Waals surface area (Å²) in [4.78, 5) is 14.4. The quantitative estimate of drug-likeness (QED) is 0.892. The number of carbonyl (C=O) groups excluding carboxylic acids is 1. The number of nitrogens with one attached hydrogen (secondary N) is 1. The molecule has 26 heavy (non-hydrogen) atoms. The first-order chi connectivity index (χ1) is 12.3. The molecule has 0 spiro atoms. The van der Waals surface area contributed by atoms with Gasteiger partial charge in [-0.3, -0.25) is 4.79 Å². The minimum Gasteiger partial charge on any atom is -0.378 e. The molecule has 1 aliphatic rings. The standard InChI is InChI=1S/C19H19F3N2O2/c1-13-2-4-14(5-3-13)18(25)23-16-12-15(19(20,21)22)6-7-17(16)24-8-10-26-11-9-24/h2-7,12H,8-11H2,1H3,(H,23,25). The van der Waals surface area contributed by atoms with Crippen LogP contribution in [0.15, 0.2) is 42.5 Å². The van der Waals surface area contributed by atoms with Crippen molar-refractivity contribution in [3.05, 3.63) is 59.2 Å². The van der Waals surface area contributed by atoms with Gasteiger partial charge in [-0.15, -0.1) is 0 Å². The lowest BCUT2D eigenvalue weighted by Crippen LogP contribution is -2.36. The van der Waals surface area contributed by atoms with Crippen molar-refractivity contribution in [2.75, 3.05) is 36.5 Å². The maximum Gasteiger partial charge on any atom is 0.416 e. The van der Waals surface area contributed by atoms with Crippen LogP contribution in [0.2, 0.25) is 0 Å². The Morgan fingerprint density at radius 3 is 2.35 bits per heavy atom. The van der Waals surface area contributed by atoms with Crippen molar-refractivity contribution in [2.45, 2.75) is 13.1 Å². The number of benzene rings is 2. The Hall–Kier alpha value is -2.54. The second kappa shape index (κ2) is 7.37. The highest BCUT2D eigenvalue weighted by molar-refractivity contribution is 6.06. The molecule has 3 rings (SSSR count). The first-order valence-corrected chi connectivity index (χ1v) is 8.26. The highest BCUT2D eigenvalue weighted by Crippen LogP contribution is 2.36. The molecular weight excluding hydrogens is 345 g/mol. The second-order valence-electron chi connectivity index (χ2n) is 6.15. The summed E-state index contributed by atoms with van der Waals surface area (Å²) in [5.74, 6) is -0.446. The Labute approximate surface area is 149 Å². The molecule has 1 N–H and O–H groups in total. The number of alkyl halides is 3. The number of hydrogen-bond donors (Lipinski definition) is 1. The predicted molar refractivity (Wildman–Crippen MR) is 93.6 cm³/mol. The molecule has 0 aromatic heterocycles. The van der Waals surface area contributed by atoms with Crippen molar-refractivity contribution in [3.63, 3.8) is 0 Å². The van der Waals surface area contributed by atoms with Crippen LogP contribution < -0.4 is 10.2 Å². The predicted octanol–water partition coefficient (Wildman–Crippen LogP) is 4.10. The Bertz CT molecular complexity index is 782. The van der Waals surface area contributed by atoms with E-state index in [0.29, 0.717) is 37.6 Å². The van der Waals surface area contributed by atoms with Gasteiger partial charge in [-0.05, 0) is 37.3 Å². The zero-order valence-corrected chi connectivity index (χ0v) is 14.3. The average Bonchev–Trinajstić information content (AvgIpc) is 2.62. The van der Waals surface area contributed by atoms with Crippen LogP contribution in [0.3, 0.4) is 0 Å². The molecule has 0 aliphatic carbocycles. The van der Waals surface area contributed by atoms with E-state index in [2.05, 4.69) is 5.32 Å². The zero-order valence-electron chi connectivity index (χ0n) is 14.3. The highest BCUT2D eigenvalue weighted by atomic mass is 19.4. The number of halogens is 3. The number of rotatable bonds is 3. The van der Waals surface area contributed by atoms with Gasteiger partial charge in [0.15, 0.2) is 0 Å². The Balaban J connectivity index is 1.93. The molecule has 1 fully saturated rings. The summed E-state index contributed by atoms with van der Waals surface area (Å²) in [5, 5.41) is 2.63. The maximum absolute atomic E-state index is 13.1. The zero-order chi connectivity index (χ0) is 18.7. The SMILES string of the molecule is Cc1ccc(C(=O)Nc2cc(C(F)(F)F)ccc2N2CCOCC2)cc1. The lowest BCUT2D eigenvalue weighted by atomic mass is 10.1. The number of hydrogen-bond acceptors (Lipinski definition) is 3. The third-order valence-electron chi connectivity index (χ3n) is 4.24. The monoisotopic (exact) mass is 364 g/mol. The summed E-state index contributed by atoms with van der Waals surface area (Å²) in [5.41, 5.74) is 1.29. The molecular formula is C19H19F3N2O2. The number of ether oxygens (including phenoxy) is 1.